The molecule has 3 N–H and O–H groups in total. The second-order valence-corrected chi connectivity index (χ2v) is 6.00. The second-order valence-electron chi connectivity index (χ2n) is 6.00. The van der Waals surface area contributed by atoms with Gasteiger partial charge in [-0.2, -0.15) is 10.1 Å². The number of amides is 1. The van der Waals surface area contributed by atoms with Crippen molar-refractivity contribution in [2.45, 2.75) is 13.5 Å². The highest BCUT2D eigenvalue weighted by molar-refractivity contribution is 5.98. The monoisotopic (exact) mass is 363 g/mol. The van der Waals surface area contributed by atoms with Crippen molar-refractivity contribution in [2.24, 2.45) is 7.05 Å². The van der Waals surface area contributed by atoms with E-state index in [1.807, 2.05) is 44.4 Å². The predicted molar refractivity (Wildman–Crippen MR) is 106 cm³/mol. The predicted octanol–water partition coefficient (Wildman–Crippen LogP) is 3.00. The number of carbonyl (C=O) groups excluding carboxylic acids is 1. The minimum Gasteiger partial charge on any atom is -0.366 e. The summed E-state index contributed by atoms with van der Waals surface area (Å²) in [6.45, 7) is 5.98. The number of benzene rings is 1. The number of nitrogens with one attached hydrogen (secondary N) is 3. The smallest absolute Gasteiger partial charge is 0.247 e. The van der Waals surface area contributed by atoms with Crippen molar-refractivity contribution in [1.82, 2.24) is 19.7 Å². The number of nitrogens with zero attached hydrogens (tertiary/aromatic N) is 4. The molecule has 0 bridgehead atoms. The number of rotatable bonds is 7. The van der Waals surface area contributed by atoms with Gasteiger partial charge in [0.25, 0.3) is 0 Å². The molecule has 8 nitrogen and oxygen atoms in total. The van der Waals surface area contributed by atoms with Gasteiger partial charge in [-0.1, -0.05) is 18.7 Å². The summed E-state index contributed by atoms with van der Waals surface area (Å²) in [6, 6.07) is 7.58. The van der Waals surface area contributed by atoms with Crippen LogP contribution in [0.2, 0.25) is 0 Å². The van der Waals surface area contributed by atoms with E-state index in [4.69, 9.17) is 0 Å². The highest BCUT2D eigenvalue weighted by Gasteiger charge is 2.06. The minimum atomic E-state index is -0.230. The molecule has 1 amide bonds. The largest absolute Gasteiger partial charge is 0.366 e. The lowest BCUT2D eigenvalue weighted by atomic mass is 10.2. The molecule has 0 saturated carbocycles. The fourth-order valence-corrected chi connectivity index (χ4v) is 2.38. The first-order valence-electron chi connectivity index (χ1n) is 8.39. The van der Waals surface area contributed by atoms with E-state index in [1.54, 1.807) is 17.1 Å². The Morgan fingerprint density at radius 3 is 2.67 bits per heavy atom. The van der Waals surface area contributed by atoms with Crippen LogP contribution in [0.4, 0.5) is 23.1 Å². The molecule has 1 aromatic carbocycles. The van der Waals surface area contributed by atoms with Crippen LogP contribution in [0.5, 0.6) is 0 Å². The van der Waals surface area contributed by atoms with Crippen LogP contribution in [0.1, 0.15) is 11.1 Å². The van der Waals surface area contributed by atoms with Crippen molar-refractivity contribution < 1.29 is 4.79 Å². The molecule has 8 heteroatoms. The molecule has 2 heterocycles. The van der Waals surface area contributed by atoms with Crippen LogP contribution in [0.25, 0.3) is 0 Å². The molecule has 0 aliphatic rings. The van der Waals surface area contributed by atoms with Crippen molar-refractivity contribution in [3.8, 4) is 0 Å². The van der Waals surface area contributed by atoms with Crippen LogP contribution in [-0.2, 0) is 18.4 Å². The summed E-state index contributed by atoms with van der Waals surface area (Å²) < 4.78 is 1.71. The standard InChI is InChI=1S/C19H21N7O/c1-4-17(27)23-15-7-5-14(6-8-15)10-20-18-13(2)9-21-19(25-18)24-16-11-22-26(3)12-16/h4-9,11-12H,1,10H2,2-3H3,(H,23,27)(H2,20,21,24,25). The highest BCUT2D eigenvalue weighted by atomic mass is 16.1. The molecule has 2 aromatic heterocycles. The van der Waals surface area contributed by atoms with E-state index in [0.29, 0.717) is 12.5 Å². The molecule has 0 fully saturated rings. The lowest BCUT2D eigenvalue weighted by Gasteiger charge is -2.11. The highest BCUT2D eigenvalue weighted by Crippen LogP contribution is 2.17. The Bertz CT molecular complexity index is 947. The molecular formula is C19H21N7O. The zero-order valence-corrected chi connectivity index (χ0v) is 15.2. The van der Waals surface area contributed by atoms with Gasteiger partial charge in [0.2, 0.25) is 11.9 Å². The summed E-state index contributed by atoms with van der Waals surface area (Å²) in [5.74, 6) is 1.02. The van der Waals surface area contributed by atoms with Crippen molar-refractivity contribution >= 4 is 29.0 Å². The summed E-state index contributed by atoms with van der Waals surface area (Å²) >= 11 is 0. The maximum absolute atomic E-state index is 11.3. The Kier molecular flexibility index (Phi) is 5.46. The van der Waals surface area contributed by atoms with Crippen LogP contribution < -0.4 is 16.0 Å². The fourth-order valence-electron chi connectivity index (χ4n) is 2.38. The van der Waals surface area contributed by atoms with Crippen LogP contribution in [-0.4, -0.2) is 25.7 Å². The lowest BCUT2D eigenvalue weighted by molar-refractivity contribution is -0.111. The molecule has 0 aliphatic heterocycles. The summed E-state index contributed by atoms with van der Waals surface area (Å²) in [4.78, 5) is 20.1. The molecule has 0 unspecified atom stereocenters. The van der Waals surface area contributed by atoms with Gasteiger partial charge in [0.15, 0.2) is 0 Å². The SMILES string of the molecule is C=CC(=O)Nc1ccc(CNc2nc(Nc3cnn(C)c3)ncc2C)cc1. The zero-order chi connectivity index (χ0) is 19.2. The van der Waals surface area contributed by atoms with E-state index in [0.717, 1.165) is 28.3 Å². The average molecular weight is 363 g/mol. The first kappa shape index (κ1) is 18.1. The van der Waals surface area contributed by atoms with Gasteiger partial charge in [-0.3, -0.25) is 9.48 Å². The van der Waals surface area contributed by atoms with Gasteiger partial charge in [0.05, 0.1) is 11.9 Å². The molecule has 0 spiro atoms. The van der Waals surface area contributed by atoms with Crippen molar-refractivity contribution in [3.63, 3.8) is 0 Å². The van der Waals surface area contributed by atoms with Gasteiger partial charge in [0, 0.05) is 37.2 Å². The molecule has 27 heavy (non-hydrogen) atoms. The van der Waals surface area contributed by atoms with Gasteiger partial charge in [-0.15, -0.1) is 0 Å². The van der Waals surface area contributed by atoms with E-state index >= 15 is 0 Å². The van der Waals surface area contributed by atoms with Crippen LogP contribution in [0.3, 0.4) is 0 Å². The molecule has 138 valence electrons. The zero-order valence-electron chi connectivity index (χ0n) is 15.2. The third-order valence-electron chi connectivity index (χ3n) is 3.80. The van der Waals surface area contributed by atoms with Gasteiger partial charge < -0.3 is 16.0 Å². The molecule has 0 aliphatic carbocycles. The molecule has 0 atom stereocenters. The Morgan fingerprint density at radius 1 is 1.22 bits per heavy atom. The Hall–Kier alpha value is -3.68. The van der Waals surface area contributed by atoms with Gasteiger partial charge >= 0.3 is 0 Å². The fraction of sp³-hybridized carbons (Fsp3) is 0.158. The van der Waals surface area contributed by atoms with Gasteiger partial charge in [-0.25, -0.2) is 4.98 Å². The summed E-state index contributed by atoms with van der Waals surface area (Å²) in [7, 11) is 1.85. The first-order chi connectivity index (χ1) is 13.0. The lowest BCUT2D eigenvalue weighted by Crippen LogP contribution is -2.08. The number of hydrogen-bond acceptors (Lipinski definition) is 6. The number of carbonyl (C=O) groups is 1. The van der Waals surface area contributed by atoms with E-state index < -0.39 is 0 Å². The molecule has 0 radical (unpaired) electrons. The maximum atomic E-state index is 11.3. The number of anilines is 4. The van der Waals surface area contributed by atoms with Crippen molar-refractivity contribution in [2.75, 3.05) is 16.0 Å². The molecule has 3 rings (SSSR count). The number of aryl methyl sites for hydroxylation is 2. The summed E-state index contributed by atoms with van der Waals surface area (Å²) in [5.41, 5.74) is 3.56. The van der Waals surface area contributed by atoms with Crippen LogP contribution in [0.15, 0.2) is 55.5 Å². The topological polar surface area (TPSA) is 96.8 Å². The van der Waals surface area contributed by atoms with Gasteiger partial charge in [0.1, 0.15) is 5.82 Å². The third kappa shape index (κ3) is 4.91. The quantitative estimate of drug-likeness (QED) is 0.559. The normalized spacial score (nSPS) is 10.3. The molecular weight excluding hydrogens is 342 g/mol. The number of hydrogen-bond donors (Lipinski definition) is 3. The first-order valence-corrected chi connectivity index (χ1v) is 8.39. The van der Waals surface area contributed by atoms with Crippen LogP contribution in [0, 0.1) is 6.92 Å². The van der Waals surface area contributed by atoms with Crippen LogP contribution >= 0.6 is 0 Å². The van der Waals surface area contributed by atoms with Crippen molar-refractivity contribution in [1.29, 1.82) is 0 Å². The second kappa shape index (κ2) is 8.13. The third-order valence-corrected chi connectivity index (χ3v) is 3.80. The summed E-state index contributed by atoms with van der Waals surface area (Å²) in [5, 5.41) is 13.3. The average Bonchev–Trinajstić information content (AvgIpc) is 3.08. The summed E-state index contributed by atoms with van der Waals surface area (Å²) in [6.07, 6.45) is 6.57. The molecule has 3 aromatic rings. The Labute approximate surface area is 157 Å². The molecule has 0 saturated heterocycles. The van der Waals surface area contributed by atoms with E-state index in [9.17, 15) is 4.79 Å². The van der Waals surface area contributed by atoms with Crippen molar-refractivity contribution in [3.05, 3.63) is 66.6 Å². The maximum Gasteiger partial charge on any atom is 0.247 e. The van der Waals surface area contributed by atoms with E-state index in [1.165, 1.54) is 6.08 Å². The number of aromatic nitrogens is 4. The van der Waals surface area contributed by atoms with E-state index in [-0.39, 0.29) is 5.91 Å². The van der Waals surface area contributed by atoms with Gasteiger partial charge in [-0.05, 0) is 30.7 Å². The Morgan fingerprint density at radius 2 is 2.00 bits per heavy atom. The Balaban J connectivity index is 1.64. The minimum absolute atomic E-state index is 0.230. The van der Waals surface area contributed by atoms with E-state index in [2.05, 4.69) is 37.6 Å².